The van der Waals surface area contributed by atoms with E-state index in [2.05, 4.69) is 15.3 Å². The summed E-state index contributed by atoms with van der Waals surface area (Å²) in [6, 6.07) is 13.4. The number of hydrogen-bond donors (Lipinski definition) is 5. The minimum Gasteiger partial charge on any atom is -0.398 e. The highest BCUT2D eigenvalue weighted by Crippen LogP contribution is 2.23. The summed E-state index contributed by atoms with van der Waals surface area (Å²) in [6.45, 7) is 0. The second-order valence-corrected chi connectivity index (χ2v) is 5.54. The SMILES string of the molecule is N=C(c1ccc(C(N)=O)cc1)c1cc(Nc2ccnc(N)n2)ccc1N. The number of nitrogens with two attached hydrogens (primary N) is 3. The van der Waals surface area contributed by atoms with Gasteiger partial charge in [-0.1, -0.05) is 12.1 Å². The van der Waals surface area contributed by atoms with Crippen molar-refractivity contribution in [1.29, 1.82) is 5.41 Å². The molecule has 3 rings (SSSR count). The first kappa shape index (κ1) is 16.9. The summed E-state index contributed by atoms with van der Waals surface area (Å²) in [6.07, 6.45) is 1.55. The fraction of sp³-hybridized carbons (Fsp3) is 0. The molecule has 0 spiro atoms. The third-order valence-corrected chi connectivity index (χ3v) is 3.73. The lowest BCUT2D eigenvalue weighted by molar-refractivity contribution is 0.100. The third-order valence-electron chi connectivity index (χ3n) is 3.73. The van der Waals surface area contributed by atoms with Crippen molar-refractivity contribution in [2.24, 2.45) is 5.73 Å². The Balaban J connectivity index is 1.89. The van der Waals surface area contributed by atoms with Crippen molar-refractivity contribution in [3.63, 3.8) is 0 Å². The van der Waals surface area contributed by atoms with E-state index in [-0.39, 0.29) is 11.7 Å². The number of nitrogens with zero attached hydrogens (tertiary/aromatic N) is 2. The van der Waals surface area contributed by atoms with E-state index in [1.807, 2.05) is 0 Å². The summed E-state index contributed by atoms with van der Waals surface area (Å²) >= 11 is 0. The smallest absolute Gasteiger partial charge is 0.248 e. The van der Waals surface area contributed by atoms with Crippen LogP contribution in [0.2, 0.25) is 0 Å². The number of nitrogens with one attached hydrogen (secondary N) is 2. The first-order valence-electron chi connectivity index (χ1n) is 7.68. The van der Waals surface area contributed by atoms with Crippen LogP contribution in [0.15, 0.2) is 54.7 Å². The van der Waals surface area contributed by atoms with Crippen molar-refractivity contribution >= 4 is 34.8 Å². The molecule has 0 bridgehead atoms. The second kappa shape index (κ2) is 6.89. The molecule has 1 heterocycles. The third kappa shape index (κ3) is 3.59. The fourth-order valence-corrected chi connectivity index (χ4v) is 2.40. The van der Waals surface area contributed by atoms with Crippen LogP contribution in [0.4, 0.5) is 23.1 Å². The first-order chi connectivity index (χ1) is 12.4. The van der Waals surface area contributed by atoms with E-state index in [1.165, 1.54) is 0 Å². The Bertz CT molecular complexity index is 983. The Kier molecular flexibility index (Phi) is 4.48. The molecule has 0 atom stereocenters. The van der Waals surface area contributed by atoms with E-state index in [1.54, 1.807) is 54.7 Å². The lowest BCUT2D eigenvalue weighted by Crippen LogP contribution is -2.11. The van der Waals surface area contributed by atoms with Gasteiger partial charge in [-0.3, -0.25) is 10.2 Å². The van der Waals surface area contributed by atoms with E-state index in [4.69, 9.17) is 22.6 Å². The Morgan fingerprint density at radius 3 is 2.35 bits per heavy atom. The quantitative estimate of drug-likeness (QED) is 0.350. The van der Waals surface area contributed by atoms with Gasteiger partial charge in [-0.25, -0.2) is 4.98 Å². The highest BCUT2D eigenvalue weighted by atomic mass is 16.1. The normalized spacial score (nSPS) is 10.3. The summed E-state index contributed by atoms with van der Waals surface area (Å²) in [5, 5.41) is 11.5. The minimum absolute atomic E-state index is 0.160. The maximum Gasteiger partial charge on any atom is 0.248 e. The Morgan fingerprint density at radius 1 is 1.00 bits per heavy atom. The highest BCUT2D eigenvalue weighted by Gasteiger charge is 2.11. The summed E-state index contributed by atoms with van der Waals surface area (Å²) in [4.78, 5) is 19.1. The van der Waals surface area contributed by atoms with Crippen molar-refractivity contribution in [2.75, 3.05) is 16.8 Å². The molecule has 8 heteroatoms. The molecule has 8 N–H and O–H groups in total. The fourth-order valence-electron chi connectivity index (χ4n) is 2.40. The van der Waals surface area contributed by atoms with Gasteiger partial charge in [-0.15, -0.1) is 0 Å². The minimum atomic E-state index is -0.516. The van der Waals surface area contributed by atoms with Crippen LogP contribution < -0.4 is 22.5 Å². The van der Waals surface area contributed by atoms with Crippen LogP contribution in [0.5, 0.6) is 0 Å². The molecule has 1 amide bonds. The topological polar surface area (TPSA) is 157 Å². The van der Waals surface area contributed by atoms with Gasteiger partial charge in [0.05, 0.1) is 5.71 Å². The standard InChI is InChI=1S/C18H17N7O/c19-14-6-5-12(24-15-7-8-23-18(22)25-15)9-13(14)16(20)10-1-3-11(4-2-10)17(21)26/h1-9,20H,19H2,(H2,21,26)(H3,22,23,24,25). The molecular formula is C18H17N7O. The van der Waals surface area contributed by atoms with Gasteiger partial charge in [0.15, 0.2) is 0 Å². The number of amides is 1. The second-order valence-electron chi connectivity index (χ2n) is 5.54. The molecular weight excluding hydrogens is 330 g/mol. The predicted molar refractivity (Wildman–Crippen MR) is 101 cm³/mol. The number of benzene rings is 2. The predicted octanol–water partition coefficient (Wildman–Crippen LogP) is 1.90. The van der Waals surface area contributed by atoms with E-state index in [0.29, 0.717) is 33.9 Å². The van der Waals surface area contributed by atoms with E-state index >= 15 is 0 Å². The van der Waals surface area contributed by atoms with Crippen LogP contribution in [0.3, 0.4) is 0 Å². The van der Waals surface area contributed by atoms with Crippen LogP contribution in [0.1, 0.15) is 21.5 Å². The van der Waals surface area contributed by atoms with Crippen LogP contribution in [-0.4, -0.2) is 21.6 Å². The van der Waals surface area contributed by atoms with E-state index < -0.39 is 5.91 Å². The number of rotatable bonds is 5. The highest BCUT2D eigenvalue weighted by molar-refractivity contribution is 6.14. The van der Waals surface area contributed by atoms with Gasteiger partial charge < -0.3 is 22.5 Å². The summed E-state index contributed by atoms with van der Waals surface area (Å²) in [5.41, 5.74) is 19.8. The zero-order chi connectivity index (χ0) is 18.7. The molecule has 0 unspecified atom stereocenters. The van der Waals surface area contributed by atoms with Crippen molar-refractivity contribution in [3.8, 4) is 0 Å². The summed E-state index contributed by atoms with van der Waals surface area (Å²) in [7, 11) is 0. The monoisotopic (exact) mass is 347 g/mol. The zero-order valence-corrected chi connectivity index (χ0v) is 13.7. The molecule has 0 radical (unpaired) electrons. The lowest BCUT2D eigenvalue weighted by atomic mass is 9.99. The molecule has 0 saturated heterocycles. The first-order valence-corrected chi connectivity index (χ1v) is 7.68. The molecule has 0 fully saturated rings. The molecule has 0 aliphatic rings. The summed E-state index contributed by atoms with van der Waals surface area (Å²) < 4.78 is 0. The molecule has 26 heavy (non-hydrogen) atoms. The van der Waals surface area contributed by atoms with Crippen LogP contribution in [0.25, 0.3) is 0 Å². The molecule has 3 aromatic rings. The van der Waals surface area contributed by atoms with Crippen LogP contribution in [0, 0.1) is 5.41 Å². The van der Waals surface area contributed by atoms with Crippen molar-refractivity contribution in [2.45, 2.75) is 0 Å². The molecule has 2 aromatic carbocycles. The molecule has 130 valence electrons. The largest absolute Gasteiger partial charge is 0.398 e. The average Bonchev–Trinajstić information content (AvgIpc) is 2.63. The van der Waals surface area contributed by atoms with Gasteiger partial charge >= 0.3 is 0 Å². The molecule has 8 nitrogen and oxygen atoms in total. The van der Waals surface area contributed by atoms with Gasteiger partial charge in [-0.2, -0.15) is 4.98 Å². The van der Waals surface area contributed by atoms with E-state index in [0.717, 1.165) is 0 Å². The number of hydrogen-bond acceptors (Lipinski definition) is 7. The Hall–Kier alpha value is -3.94. The van der Waals surface area contributed by atoms with Gasteiger partial charge in [0, 0.05) is 34.3 Å². The summed E-state index contributed by atoms with van der Waals surface area (Å²) in [5.74, 6) is 0.177. The average molecular weight is 347 g/mol. The van der Waals surface area contributed by atoms with Crippen LogP contribution >= 0.6 is 0 Å². The maximum absolute atomic E-state index is 11.2. The molecule has 1 aromatic heterocycles. The van der Waals surface area contributed by atoms with Gasteiger partial charge in [0.2, 0.25) is 11.9 Å². The Labute approximate surface area is 149 Å². The van der Waals surface area contributed by atoms with Crippen LogP contribution in [-0.2, 0) is 0 Å². The molecule has 0 saturated carbocycles. The van der Waals surface area contributed by atoms with Crippen molar-refractivity contribution in [1.82, 2.24) is 9.97 Å². The lowest BCUT2D eigenvalue weighted by Gasteiger charge is -2.12. The van der Waals surface area contributed by atoms with Gasteiger partial charge in [-0.05, 0) is 36.4 Å². The number of carbonyl (C=O) groups is 1. The number of nitrogen functional groups attached to an aromatic ring is 2. The number of primary amides is 1. The zero-order valence-electron chi connectivity index (χ0n) is 13.7. The van der Waals surface area contributed by atoms with Gasteiger partial charge in [0.25, 0.3) is 0 Å². The number of anilines is 4. The van der Waals surface area contributed by atoms with Crippen molar-refractivity contribution < 1.29 is 4.79 Å². The Morgan fingerprint density at radius 2 is 1.69 bits per heavy atom. The van der Waals surface area contributed by atoms with Crippen molar-refractivity contribution in [3.05, 3.63) is 71.4 Å². The molecule has 0 aliphatic carbocycles. The van der Waals surface area contributed by atoms with Gasteiger partial charge in [0.1, 0.15) is 5.82 Å². The number of carbonyl (C=O) groups excluding carboxylic acids is 1. The number of aromatic nitrogens is 2. The molecule has 0 aliphatic heterocycles. The van der Waals surface area contributed by atoms with E-state index in [9.17, 15) is 4.79 Å². The maximum atomic E-state index is 11.2.